The molecule has 4 rings (SSSR count). The standard InChI is InChI=1S/C34H32F4N4O4/c1-6-19(2)31(44)40-30-33(46)42(28(17-39-30)26-8-7-9-27(20(26)3)32(45)41(4)5)18-21-14-23(16-24(15-21)34(36,37)38)29(43)22-10-12-25(35)13-11-22/h7-17,19H,6,18H2,1-5H3,(H,39,40,44)/t19-/m1/s1. The smallest absolute Gasteiger partial charge is 0.345 e. The summed E-state index contributed by atoms with van der Waals surface area (Å²) in [5.41, 5.74) is -0.923. The minimum atomic E-state index is -4.84. The van der Waals surface area contributed by atoms with Crippen molar-refractivity contribution in [1.82, 2.24) is 14.5 Å². The molecule has 0 unspecified atom stereocenters. The summed E-state index contributed by atoms with van der Waals surface area (Å²) in [7, 11) is 3.16. The maximum Gasteiger partial charge on any atom is 0.416 e. The second-order valence-electron chi connectivity index (χ2n) is 11.1. The zero-order valence-electron chi connectivity index (χ0n) is 25.8. The van der Waals surface area contributed by atoms with Gasteiger partial charge < -0.3 is 10.2 Å². The first-order chi connectivity index (χ1) is 21.6. The number of rotatable bonds is 9. The third kappa shape index (κ3) is 7.22. The Kier molecular flexibility index (Phi) is 9.89. The highest BCUT2D eigenvalue weighted by Gasteiger charge is 2.32. The number of ketones is 1. The van der Waals surface area contributed by atoms with E-state index in [1.165, 1.54) is 29.3 Å². The number of carbonyl (C=O) groups is 3. The Labute approximate surface area is 262 Å². The molecule has 0 bridgehead atoms. The summed E-state index contributed by atoms with van der Waals surface area (Å²) in [4.78, 5) is 58.2. The van der Waals surface area contributed by atoms with Gasteiger partial charge in [-0.3, -0.25) is 23.7 Å². The average molecular weight is 637 g/mol. The first-order valence-electron chi connectivity index (χ1n) is 14.4. The molecule has 0 aliphatic carbocycles. The summed E-state index contributed by atoms with van der Waals surface area (Å²) in [5.74, 6) is -2.95. The largest absolute Gasteiger partial charge is 0.416 e. The number of halogens is 4. The fraction of sp³-hybridized carbons (Fsp3) is 0.265. The molecule has 1 N–H and O–H groups in total. The number of benzene rings is 3. The Hall–Kier alpha value is -5.13. The minimum Gasteiger partial charge on any atom is -0.345 e. The molecule has 0 fully saturated rings. The minimum absolute atomic E-state index is 0.0264. The van der Waals surface area contributed by atoms with Crippen molar-refractivity contribution in [1.29, 1.82) is 0 Å². The van der Waals surface area contributed by atoms with Crippen LogP contribution in [0.3, 0.4) is 0 Å². The predicted molar refractivity (Wildman–Crippen MR) is 165 cm³/mol. The van der Waals surface area contributed by atoms with E-state index in [0.29, 0.717) is 29.2 Å². The lowest BCUT2D eigenvalue weighted by Gasteiger charge is -2.20. The Morgan fingerprint density at radius 2 is 1.67 bits per heavy atom. The van der Waals surface area contributed by atoms with Crippen LogP contribution in [0.1, 0.15) is 63.2 Å². The maximum absolute atomic E-state index is 14.1. The van der Waals surface area contributed by atoms with E-state index in [0.717, 1.165) is 22.8 Å². The normalized spacial score (nSPS) is 12.0. The Balaban J connectivity index is 1.93. The van der Waals surface area contributed by atoms with Gasteiger partial charge in [-0.15, -0.1) is 0 Å². The van der Waals surface area contributed by atoms with Crippen LogP contribution >= 0.6 is 0 Å². The summed E-state index contributed by atoms with van der Waals surface area (Å²) >= 11 is 0. The topological polar surface area (TPSA) is 101 Å². The van der Waals surface area contributed by atoms with Crippen LogP contribution in [-0.4, -0.2) is 46.1 Å². The molecule has 0 aliphatic heterocycles. The highest BCUT2D eigenvalue weighted by molar-refractivity contribution is 6.09. The molecule has 0 saturated heterocycles. The van der Waals surface area contributed by atoms with E-state index in [-0.39, 0.29) is 34.1 Å². The fourth-order valence-corrected chi connectivity index (χ4v) is 4.79. The van der Waals surface area contributed by atoms with Crippen molar-refractivity contribution in [2.45, 2.75) is 39.9 Å². The van der Waals surface area contributed by atoms with Gasteiger partial charge in [0, 0.05) is 42.3 Å². The first kappa shape index (κ1) is 33.8. The van der Waals surface area contributed by atoms with E-state index in [4.69, 9.17) is 0 Å². The number of nitrogens with one attached hydrogen (secondary N) is 1. The predicted octanol–water partition coefficient (Wildman–Crippen LogP) is 6.34. The van der Waals surface area contributed by atoms with Crippen LogP contribution in [0.15, 0.2) is 71.7 Å². The van der Waals surface area contributed by atoms with Crippen molar-refractivity contribution in [3.05, 3.63) is 116 Å². The number of nitrogens with zero attached hydrogens (tertiary/aromatic N) is 3. The summed E-state index contributed by atoms with van der Waals surface area (Å²) in [6, 6.07) is 12.0. The first-order valence-corrected chi connectivity index (χ1v) is 14.4. The van der Waals surface area contributed by atoms with Gasteiger partial charge in [0.05, 0.1) is 24.0 Å². The second-order valence-corrected chi connectivity index (χ2v) is 11.1. The third-order valence-electron chi connectivity index (χ3n) is 7.63. The lowest BCUT2D eigenvalue weighted by molar-refractivity contribution is -0.137. The van der Waals surface area contributed by atoms with E-state index in [1.54, 1.807) is 53.1 Å². The van der Waals surface area contributed by atoms with Crippen molar-refractivity contribution in [2.24, 2.45) is 5.92 Å². The zero-order valence-corrected chi connectivity index (χ0v) is 25.8. The summed E-state index contributed by atoms with van der Waals surface area (Å²) in [6.45, 7) is 4.68. The van der Waals surface area contributed by atoms with Crippen LogP contribution in [0.4, 0.5) is 23.4 Å². The maximum atomic E-state index is 14.1. The highest BCUT2D eigenvalue weighted by atomic mass is 19.4. The van der Waals surface area contributed by atoms with Gasteiger partial charge in [-0.05, 0) is 73.0 Å². The molecule has 3 aromatic carbocycles. The summed E-state index contributed by atoms with van der Waals surface area (Å²) < 4.78 is 56.8. The van der Waals surface area contributed by atoms with E-state index in [9.17, 15) is 36.7 Å². The van der Waals surface area contributed by atoms with Gasteiger partial charge in [0.15, 0.2) is 11.6 Å². The van der Waals surface area contributed by atoms with Crippen LogP contribution in [0.25, 0.3) is 11.3 Å². The van der Waals surface area contributed by atoms with Gasteiger partial charge in [-0.2, -0.15) is 13.2 Å². The fourth-order valence-electron chi connectivity index (χ4n) is 4.79. The molecule has 0 aliphatic rings. The van der Waals surface area contributed by atoms with Crippen molar-refractivity contribution >= 4 is 23.4 Å². The molecule has 1 aromatic heterocycles. The van der Waals surface area contributed by atoms with Gasteiger partial charge in [-0.25, -0.2) is 9.37 Å². The lowest BCUT2D eigenvalue weighted by Crippen LogP contribution is -2.31. The zero-order chi connectivity index (χ0) is 33.9. The molecule has 240 valence electrons. The van der Waals surface area contributed by atoms with Crippen LogP contribution in [0.5, 0.6) is 0 Å². The van der Waals surface area contributed by atoms with Crippen molar-refractivity contribution in [2.75, 3.05) is 19.4 Å². The number of hydrogen-bond acceptors (Lipinski definition) is 5. The molecule has 1 heterocycles. The van der Waals surface area contributed by atoms with Crippen LogP contribution in [0, 0.1) is 18.7 Å². The SMILES string of the molecule is CC[C@@H](C)C(=O)Nc1ncc(-c2cccc(C(=O)N(C)C)c2C)n(Cc2cc(C(=O)c3ccc(F)cc3)cc(C(F)(F)F)c2)c1=O. The Morgan fingerprint density at radius 1 is 1.00 bits per heavy atom. The number of alkyl halides is 3. The summed E-state index contributed by atoms with van der Waals surface area (Å²) in [5, 5.41) is 2.51. The van der Waals surface area contributed by atoms with E-state index < -0.39 is 47.3 Å². The molecule has 46 heavy (non-hydrogen) atoms. The van der Waals surface area contributed by atoms with Crippen molar-refractivity contribution < 1.29 is 31.9 Å². The third-order valence-corrected chi connectivity index (χ3v) is 7.63. The molecule has 0 radical (unpaired) electrons. The van der Waals surface area contributed by atoms with Crippen LogP contribution < -0.4 is 10.9 Å². The Morgan fingerprint density at radius 3 is 2.28 bits per heavy atom. The van der Waals surface area contributed by atoms with Gasteiger partial charge in [-0.1, -0.05) is 26.0 Å². The monoisotopic (exact) mass is 636 g/mol. The molecular formula is C34H32F4N4O4. The molecule has 8 nitrogen and oxygen atoms in total. The number of amides is 2. The summed E-state index contributed by atoms with van der Waals surface area (Å²) in [6.07, 6.45) is -3.05. The Bertz CT molecular complexity index is 1860. The number of aromatic nitrogens is 2. The van der Waals surface area contributed by atoms with Gasteiger partial charge in [0.1, 0.15) is 5.82 Å². The molecule has 2 amide bonds. The van der Waals surface area contributed by atoms with Crippen molar-refractivity contribution in [3.8, 4) is 11.3 Å². The molecule has 12 heteroatoms. The van der Waals surface area contributed by atoms with Gasteiger partial charge in [0.25, 0.3) is 11.5 Å². The van der Waals surface area contributed by atoms with E-state index in [1.807, 2.05) is 0 Å². The van der Waals surface area contributed by atoms with Gasteiger partial charge >= 0.3 is 6.18 Å². The number of anilines is 1. The van der Waals surface area contributed by atoms with E-state index >= 15 is 0 Å². The highest BCUT2D eigenvalue weighted by Crippen LogP contribution is 2.32. The van der Waals surface area contributed by atoms with E-state index in [2.05, 4.69) is 10.3 Å². The molecule has 1 atom stereocenters. The lowest BCUT2D eigenvalue weighted by atomic mass is 9.97. The van der Waals surface area contributed by atoms with Crippen molar-refractivity contribution in [3.63, 3.8) is 0 Å². The van der Waals surface area contributed by atoms with Crippen LogP contribution in [-0.2, 0) is 17.5 Å². The molecule has 0 saturated carbocycles. The second kappa shape index (κ2) is 13.5. The number of hydrogen-bond donors (Lipinski definition) is 1. The van der Waals surface area contributed by atoms with Crippen LogP contribution in [0.2, 0.25) is 0 Å². The number of carbonyl (C=O) groups excluding carboxylic acids is 3. The molecule has 4 aromatic rings. The quantitative estimate of drug-likeness (QED) is 0.171. The molecular weight excluding hydrogens is 604 g/mol. The average Bonchev–Trinajstić information content (AvgIpc) is 3.02. The van der Waals surface area contributed by atoms with Gasteiger partial charge in [0.2, 0.25) is 5.91 Å². The molecule has 0 spiro atoms.